The van der Waals surface area contributed by atoms with Crippen LogP contribution in [0.2, 0.25) is 0 Å². The lowest BCUT2D eigenvalue weighted by atomic mass is 10.0. The molecule has 0 atom stereocenters. The summed E-state index contributed by atoms with van der Waals surface area (Å²) in [4.78, 5) is 4.36. The molecule has 3 nitrogen and oxygen atoms in total. The summed E-state index contributed by atoms with van der Waals surface area (Å²) in [5.74, 6) is 0.206. The van der Waals surface area contributed by atoms with E-state index in [1.54, 1.807) is 12.3 Å². The zero-order chi connectivity index (χ0) is 14.4. The number of hydrogen-bond donors (Lipinski definition) is 1. The van der Waals surface area contributed by atoms with Crippen LogP contribution in [0.25, 0.3) is 11.3 Å². The van der Waals surface area contributed by atoms with Gasteiger partial charge in [0.25, 0.3) is 0 Å². The maximum Gasteiger partial charge on any atom is 0.131 e. The fraction of sp³-hybridized carbons (Fsp3) is 0.312. The molecule has 0 aliphatic rings. The number of nitrogens with two attached hydrogens (primary N) is 1. The first-order valence-corrected chi connectivity index (χ1v) is 6.83. The standard InChI is InChI=1S/C16H19FN2O/c1-2-3-9-20-15-10-13(17)6-7-14(15)16-12(11-18)5-4-8-19-16/h4-8,10H,2-3,9,11,18H2,1H3. The molecule has 2 N–H and O–H groups in total. The fourth-order valence-corrected chi connectivity index (χ4v) is 1.98. The van der Waals surface area contributed by atoms with E-state index in [0.717, 1.165) is 29.7 Å². The second-order valence-corrected chi connectivity index (χ2v) is 4.56. The lowest BCUT2D eigenvalue weighted by Gasteiger charge is -2.13. The first-order chi connectivity index (χ1) is 9.76. The maximum atomic E-state index is 13.4. The van der Waals surface area contributed by atoms with Crippen molar-refractivity contribution < 1.29 is 9.13 Å². The summed E-state index contributed by atoms with van der Waals surface area (Å²) < 4.78 is 19.1. The molecule has 0 saturated heterocycles. The maximum absolute atomic E-state index is 13.4. The van der Waals surface area contributed by atoms with Gasteiger partial charge in [0.05, 0.1) is 12.3 Å². The Labute approximate surface area is 118 Å². The number of halogens is 1. The van der Waals surface area contributed by atoms with Crippen LogP contribution >= 0.6 is 0 Å². The molecule has 0 amide bonds. The van der Waals surface area contributed by atoms with Crippen molar-refractivity contribution in [1.82, 2.24) is 4.98 Å². The lowest BCUT2D eigenvalue weighted by molar-refractivity contribution is 0.309. The second kappa shape index (κ2) is 7.01. The van der Waals surface area contributed by atoms with Crippen molar-refractivity contribution in [1.29, 1.82) is 0 Å². The minimum atomic E-state index is -0.314. The fourth-order valence-electron chi connectivity index (χ4n) is 1.98. The van der Waals surface area contributed by atoms with Gasteiger partial charge in [0.15, 0.2) is 0 Å². The van der Waals surface area contributed by atoms with Crippen molar-refractivity contribution in [2.45, 2.75) is 26.3 Å². The van der Waals surface area contributed by atoms with Crippen LogP contribution in [0.3, 0.4) is 0 Å². The van der Waals surface area contributed by atoms with Gasteiger partial charge in [0.1, 0.15) is 11.6 Å². The highest BCUT2D eigenvalue weighted by Crippen LogP contribution is 2.31. The average Bonchev–Trinajstić information content (AvgIpc) is 2.48. The molecule has 1 aromatic heterocycles. The van der Waals surface area contributed by atoms with E-state index in [1.807, 2.05) is 12.1 Å². The van der Waals surface area contributed by atoms with E-state index in [-0.39, 0.29) is 5.82 Å². The molecule has 0 aliphatic heterocycles. The first kappa shape index (κ1) is 14.5. The molecule has 1 heterocycles. The molecule has 0 bridgehead atoms. The van der Waals surface area contributed by atoms with Crippen molar-refractivity contribution in [3.8, 4) is 17.0 Å². The van der Waals surface area contributed by atoms with Gasteiger partial charge in [0.2, 0.25) is 0 Å². The van der Waals surface area contributed by atoms with Crippen LogP contribution in [0.5, 0.6) is 5.75 Å². The van der Waals surface area contributed by atoms with E-state index < -0.39 is 0 Å². The van der Waals surface area contributed by atoms with Crippen LogP contribution in [0.4, 0.5) is 4.39 Å². The molecule has 0 unspecified atom stereocenters. The highest BCUT2D eigenvalue weighted by atomic mass is 19.1. The highest BCUT2D eigenvalue weighted by molar-refractivity contribution is 5.70. The van der Waals surface area contributed by atoms with E-state index >= 15 is 0 Å². The minimum absolute atomic E-state index is 0.314. The average molecular weight is 274 g/mol. The number of hydrogen-bond acceptors (Lipinski definition) is 3. The van der Waals surface area contributed by atoms with Gasteiger partial charge in [-0.05, 0) is 30.2 Å². The summed E-state index contributed by atoms with van der Waals surface area (Å²) in [5.41, 5.74) is 8.18. The van der Waals surface area contributed by atoms with Gasteiger partial charge in [-0.3, -0.25) is 4.98 Å². The van der Waals surface area contributed by atoms with Gasteiger partial charge in [-0.15, -0.1) is 0 Å². The van der Waals surface area contributed by atoms with Crippen molar-refractivity contribution in [3.05, 3.63) is 47.9 Å². The number of benzene rings is 1. The molecule has 0 aliphatic carbocycles. The predicted octanol–water partition coefficient (Wildman–Crippen LogP) is 3.53. The van der Waals surface area contributed by atoms with E-state index in [2.05, 4.69) is 11.9 Å². The summed E-state index contributed by atoms with van der Waals surface area (Å²) in [6.45, 7) is 3.04. The van der Waals surface area contributed by atoms with Gasteiger partial charge in [0, 0.05) is 24.4 Å². The molecule has 0 fully saturated rings. The summed E-state index contributed by atoms with van der Waals surface area (Å²) in [5, 5.41) is 0. The van der Waals surface area contributed by atoms with Crippen molar-refractivity contribution in [2.75, 3.05) is 6.61 Å². The van der Waals surface area contributed by atoms with Crippen molar-refractivity contribution in [3.63, 3.8) is 0 Å². The smallest absolute Gasteiger partial charge is 0.131 e. The number of unbranched alkanes of at least 4 members (excludes halogenated alkanes) is 1. The Balaban J connectivity index is 2.39. The van der Waals surface area contributed by atoms with E-state index in [0.29, 0.717) is 18.9 Å². The molecular weight excluding hydrogens is 255 g/mol. The molecule has 2 rings (SSSR count). The van der Waals surface area contributed by atoms with Crippen LogP contribution in [0.15, 0.2) is 36.5 Å². The molecule has 0 radical (unpaired) electrons. The summed E-state index contributed by atoms with van der Waals surface area (Å²) in [7, 11) is 0. The number of nitrogens with zero attached hydrogens (tertiary/aromatic N) is 1. The third-order valence-corrected chi connectivity index (χ3v) is 3.07. The largest absolute Gasteiger partial charge is 0.493 e. The Morgan fingerprint density at radius 3 is 2.90 bits per heavy atom. The van der Waals surface area contributed by atoms with Gasteiger partial charge in [-0.25, -0.2) is 4.39 Å². The Hall–Kier alpha value is -1.94. The SMILES string of the molecule is CCCCOc1cc(F)ccc1-c1ncccc1CN. The van der Waals surface area contributed by atoms with Crippen LogP contribution in [-0.2, 0) is 6.54 Å². The summed E-state index contributed by atoms with van der Waals surface area (Å²) >= 11 is 0. The van der Waals surface area contributed by atoms with Gasteiger partial charge < -0.3 is 10.5 Å². The Kier molecular flexibility index (Phi) is 5.07. The molecule has 4 heteroatoms. The topological polar surface area (TPSA) is 48.1 Å². The molecule has 1 aromatic carbocycles. The number of pyridine rings is 1. The number of ether oxygens (including phenoxy) is 1. The van der Waals surface area contributed by atoms with E-state index in [4.69, 9.17) is 10.5 Å². The summed E-state index contributed by atoms with van der Waals surface area (Å²) in [6.07, 6.45) is 3.66. The Bertz CT molecular complexity index is 572. The summed E-state index contributed by atoms with van der Waals surface area (Å²) in [6, 6.07) is 8.27. The minimum Gasteiger partial charge on any atom is -0.493 e. The molecular formula is C16H19FN2O. The Morgan fingerprint density at radius 2 is 2.15 bits per heavy atom. The number of rotatable bonds is 6. The van der Waals surface area contributed by atoms with Crippen LogP contribution in [-0.4, -0.2) is 11.6 Å². The highest BCUT2D eigenvalue weighted by Gasteiger charge is 2.12. The van der Waals surface area contributed by atoms with Gasteiger partial charge >= 0.3 is 0 Å². The molecule has 2 aromatic rings. The monoisotopic (exact) mass is 274 g/mol. The van der Waals surface area contributed by atoms with Gasteiger partial charge in [-0.1, -0.05) is 19.4 Å². The first-order valence-electron chi connectivity index (χ1n) is 6.83. The molecule has 20 heavy (non-hydrogen) atoms. The quantitative estimate of drug-likeness (QED) is 0.820. The third-order valence-electron chi connectivity index (χ3n) is 3.07. The second-order valence-electron chi connectivity index (χ2n) is 4.56. The molecule has 106 valence electrons. The zero-order valence-corrected chi connectivity index (χ0v) is 11.6. The lowest BCUT2D eigenvalue weighted by Crippen LogP contribution is -2.03. The van der Waals surface area contributed by atoms with Crippen molar-refractivity contribution >= 4 is 0 Å². The molecule has 0 spiro atoms. The van der Waals surface area contributed by atoms with Crippen molar-refractivity contribution in [2.24, 2.45) is 5.73 Å². The van der Waals surface area contributed by atoms with Crippen LogP contribution in [0, 0.1) is 5.82 Å². The third kappa shape index (κ3) is 3.33. The normalized spacial score (nSPS) is 10.6. The zero-order valence-electron chi connectivity index (χ0n) is 11.6. The Morgan fingerprint density at radius 1 is 1.30 bits per heavy atom. The van der Waals surface area contributed by atoms with E-state index in [9.17, 15) is 4.39 Å². The van der Waals surface area contributed by atoms with Gasteiger partial charge in [-0.2, -0.15) is 0 Å². The van der Waals surface area contributed by atoms with E-state index in [1.165, 1.54) is 12.1 Å². The predicted molar refractivity (Wildman–Crippen MR) is 77.9 cm³/mol. The molecule has 0 saturated carbocycles. The van der Waals surface area contributed by atoms with Crippen LogP contribution in [0.1, 0.15) is 25.3 Å². The number of aromatic nitrogens is 1. The van der Waals surface area contributed by atoms with Crippen LogP contribution < -0.4 is 10.5 Å².